The van der Waals surface area contributed by atoms with Crippen LogP contribution in [-0.4, -0.2) is 29.7 Å². The summed E-state index contributed by atoms with van der Waals surface area (Å²) < 4.78 is 0. The van der Waals surface area contributed by atoms with E-state index in [-0.39, 0.29) is 6.04 Å². The molecule has 110 valence electrons. The maximum Gasteiger partial charge on any atom is 0.323 e. The molecule has 2 amide bonds. The maximum absolute atomic E-state index is 12.2. The number of carbonyl (C=O) groups excluding carboxylic acids is 1. The molecule has 0 unspecified atom stereocenters. The predicted octanol–water partition coefficient (Wildman–Crippen LogP) is 3.13. The van der Waals surface area contributed by atoms with E-state index in [2.05, 4.69) is 5.32 Å². The molecule has 0 aliphatic rings. The summed E-state index contributed by atoms with van der Waals surface area (Å²) in [4.78, 5) is 24.3. The van der Waals surface area contributed by atoms with Crippen molar-refractivity contribution < 1.29 is 14.7 Å². The molecule has 0 radical (unpaired) electrons. The Balaban J connectivity index is 2.94. The number of rotatable bonds is 6. The van der Waals surface area contributed by atoms with Crippen molar-refractivity contribution in [1.82, 2.24) is 5.32 Å². The second-order valence-corrected chi connectivity index (χ2v) is 4.86. The summed E-state index contributed by atoms with van der Waals surface area (Å²) in [6.45, 7) is 3.52. The highest BCUT2D eigenvalue weighted by Gasteiger charge is 2.20. The second-order valence-electron chi connectivity index (χ2n) is 4.42. The van der Waals surface area contributed by atoms with E-state index >= 15 is 0 Å². The van der Waals surface area contributed by atoms with Gasteiger partial charge in [0, 0.05) is 16.8 Å². The van der Waals surface area contributed by atoms with Crippen LogP contribution in [0.2, 0.25) is 5.02 Å². The molecule has 6 heteroatoms. The first-order chi connectivity index (χ1) is 9.47. The van der Waals surface area contributed by atoms with Crippen LogP contribution >= 0.6 is 11.6 Å². The topological polar surface area (TPSA) is 69.6 Å². The maximum atomic E-state index is 12.2. The summed E-state index contributed by atoms with van der Waals surface area (Å²) in [5, 5.41) is 12.2. The van der Waals surface area contributed by atoms with Gasteiger partial charge in [-0.25, -0.2) is 4.79 Å². The van der Waals surface area contributed by atoms with Gasteiger partial charge in [-0.1, -0.05) is 31.5 Å². The van der Waals surface area contributed by atoms with Crippen molar-refractivity contribution in [1.29, 1.82) is 0 Å². The zero-order chi connectivity index (χ0) is 15.1. The SMILES string of the molecule is CCC(CC)NC(=O)N(CC(=O)O)c1cccc(Cl)c1. The van der Waals surface area contributed by atoms with Crippen LogP contribution in [0, 0.1) is 0 Å². The lowest BCUT2D eigenvalue weighted by Crippen LogP contribution is -2.46. The van der Waals surface area contributed by atoms with Gasteiger partial charge in [0.25, 0.3) is 0 Å². The summed E-state index contributed by atoms with van der Waals surface area (Å²) in [6.07, 6.45) is 1.58. The van der Waals surface area contributed by atoms with E-state index in [4.69, 9.17) is 16.7 Å². The fraction of sp³-hybridized carbons (Fsp3) is 0.429. The first kappa shape index (κ1) is 16.3. The quantitative estimate of drug-likeness (QED) is 0.847. The Bertz CT molecular complexity index is 475. The number of benzene rings is 1. The first-order valence-electron chi connectivity index (χ1n) is 6.53. The molecule has 1 aromatic carbocycles. The number of halogens is 1. The molecule has 0 fully saturated rings. The van der Waals surface area contributed by atoms with E-state index in [0.717, 1.165) is 12.8 Å². The van der Waals surface area contributed by atoms with Crippen molar-refractivity contribution in [3.8, 4) is 0 Å². The van der Waals surface area contributed by atoms with Crippen molar-refractivity contribution in [2.45, 2.75) is 32.7 Å². The number of nitrogens with one attached hydrogen (secondary N) is 1. The number of aliphatic carboxylic acids is 1. The molecule has 1 aromatic rings. The van der Waals surface area contributed by atoms with Crippen LogP contribution in [0.15, 0.2) is 24.3 Å². The number of nitrogens with zero attached hydrogens (tertiary/aromatic N) is 1. The van der Waals surface area contributed by atoms with E-state index in [9.17, 15) is 9.59 Å². The molecular weight excluding hydrogens is 280 g/mol. The smallest absolute Gasteiger partial charge is 0.323 e. The predicted molar refractivity (Wildman–Crippen MR) is 79.3 cm³/mol. The third-order valence-electron chi connectivity index (χ3n) is 2.97. The molecular formula is C14H19ClN2O3. The summed E-state index contributed by atoms with van der Waals surface area (Å²) in [6, 6.07) is 6.17. The minimum absolute atomic E-state index is 0.0259. The molecule has 20 heavy (non-hydrogen) atoms. The molecule has 1 rings (SSSR count). The molecule has 0 aliphatic carbocycles. The van der Waals surface area contributed by atoms with Crippen LogP contribution in [0.1, 0.15) is 26.7 Å². The Labute approximate surface area is 123 Å². The fourth-order valence-electron chi connectivity index (χ4n) is 1.80. The molecule has 0 bridgehead atoms. The molecule has 0 heterocycles. The number of hydrogen-bond donors (Lipinski definition) is 2. The fourth-order valence-corrected chi connectivity index (χ4v) is 1.99. The Hall–Kier alpha value is -1.75. The van der Waals surface area contributed by atoms with Gasteiger partial charge in [-0.2, -0.15) is 0 Å². The highest BCUT2D eigenvalue weighted by atomic mass is 35.5. The number of carboxylic acids is 1. The summed E-state index contributed by atoms with van der Waals surface area (Å²) in [5.74, 6) is -1.08. The minimum atomic E-state index is -1.08. The molecule has 0 atom stereocenters. The van der Waals surface area contributed by atoms with Crippen LogP contribution in [0.3, 0.4) is 0 Å². The molecule has 5 nitrogen and oxygen atoms in total. The molecule has 0 saturated heterocycles. The van der Waals surface area contributed by atoms with Gasteiger partial charge < -0.3 is 10.4 Å². The zero-order valence-corrected chi connectivity index (χ0v) is 12.4. The molecule has 0 aliphatic heterocycles. The van der Waals surface area contributed by atoms with Crippen LogP contribution in [-0.2, 0) is 4.79 Å². The summed E-state index contributed by atoms with van der Waals surface area (Å²) >= 11 is 5.88. The van der Waals surface area contributed by atoms with Gasteiger partial charge in [0.15, 0.2) is 0 Å². The van der Waals surface area contributed by atoms with E-state index < -0.39 is 18.5 Å². The van der Waals surface area contributed by atoms with Crippen LogP contribution < -0.4 is 10.2 Å². The summed E-state index contributed by atoms with van der Waals surface area (Å²) in [5.41, 5.74) is 0.461. The number of anilines is 1. The molecule has 0 saturated carbocycles. The van der Waals surface area contributed by atoms with Crippen LogP contribution in [0.4, 0.5) is 10.5 Å². The summed E-state index contributed by atoms with van der Waals surface area (Å²) in [7, 11) is 0. The highest BCUT2D eigenvalue weighted by molar-refractivity contribution is 6.30. The average Bonchev–Trinajstić information content (AvgIpc) is 2.41. The third kappa shape index (κ3) is 4.74. The standard InChI is InChI=1S/C14H19ClN2O3/c1-3-11(4-2)16-14(20)17(9-13(18)19)12-7-5-6-10(15)8-12/h5-8,11H,3-4,9H2,1-2H3,(H,16,20)(H,18,19). The number of amides is 2. The Morgan fingerprint density at radius 2 is 2.00 bits per heavy atom. The van der Waals surface area contributed by atoms with E-state index in [1.165, 1.54) is 4.90 Å². The average molecular weight is 299 g/mol. The van der Waals surface area contributed by atoms with Crippen LogP contribution in [0.25, 0.3) is 0 Å². The van der Waals surface area contributed by atoms with Gasteiger partial charge in [-0.15, -0.1) is 0 Å². The van der Waals surface area contributed by atoms with Gasteiger partial charge in [-0.05, 0) is 31.0 Å². The van der Waals surface area contributed by atoms with E-state index in [1.807, 2.05) is 13.8 Å². The minimum Gasteiger partial charge on any atom is -0.480 e. The van der Waals surface area contributed by atoms with E-state index in [1.54, 1.807) is 24.3 Å². The van der Waals surface area contributed by atoms with E-state index in [0.29, 0.717) is 10.7 Å². The molecule has 0 aromatic heterocycles. The van der Waals surface area contributed by atoms with Gasteiger partial charge in [0.2, 0.25) is 0 Å². The van der Waals surface area contributed by atoms with Crippen molar-refractivity contribution in [3.63, 3.8) is 0 Å². The van der Waals surface area contributed by atoms with Crippen molar-refractivity contribution in [3.05, 3.63) is 29.3 Å². The van der Waals surface area contributed by atoms with Gasteiger partial charge >= 0.3 is 12.0 Å². The Kier molecular flexibility index (Phi) is 6.31. The van der Waals surface area contributed by atoms with Crippen molar-refractivity contribution in [2.24, 2.45) is 0 Å². The largest absolute Gasteiger partial charge is 0.480 e. The first-order valence-corrected chi connectivity index (χ1v) is 6.91. The number of carbonyl (C=O) groups is 2. The lowest BCUT2D eigenvalue weighted by Gasteiger charge is -2.24. The van der Waals surface area contributed by atoms with Gasteiger partial charge in [-0.3, -0.25) is 9.69 Å². The highest BCUT2D eigenvalue weighted by Crippen LogP contribution is 2.19. The van der Waals surface area contributed by atoms with Gasteiger partial charge in [0.1, 0.15) is 6.54 Å². The molecule has 0 spiro atoms. The van der Waals surface area contributed by atoms with Crippen molar-refractivity contribution in [2.75, 3.05) is 11.4 Å². The van der Waals surface area contributed by atoms with Gasteiger partial charge in [0.05, 0.1) is 0 Å². The number of carboxylic acid groups (broad SMARTS) is 1. The van der Waals surface area contributed by atoms with Crippen LogP contribution in [0.5, 0.6) is 0 Å². The van der Waals surface area contributed by atoms with Crippen molar-refractivity contribution >= 4 is 29.3 Å². The number of hydrogen-bond acceptors (Lipinski definition) is 2. The number of urea groups is 1. The Morgan fingerprint density at radius 1 is 1.35 bits per heavy atom. The zero-order valence-electron chi connectivity index (χ0n) is 11.6. The Morgan fingerprint density at radius 3 is 2.50 bits per heavy atom. The second kappa shape index (κ2) is 7.75. The third-order valence-corrected chi connectivity index (χ3v) is 3.21. The lowest BCUT2D eigenvalue weighted by atomic mass is 10.2. The normalized spacial score (nSPS) is 10.4. The monoisotopic (exact) mass is 298 g/mol. The molecule has 2 N–H and O–H groups in total. The lowest BCUT2D eigenvalue weighted by molar-refractivity contribution is -0.135.